The van der Waals surface area contributed by atoms with Gasteiger partial charge in [-0.05, 0) is 6.42 Å². The van der Waals surface area contributed by atoms with Crippen LogP contribution in [-0.2, 0) is 4.79 Å². The van der Waals surface area contributed by atoms with Crippen LogP contribution in [0.4, 0.5) is 0 Å². The highest BCUT2D eigenvalue weighted by Gasteiger charge is 2.27. The summed E-state index contributed by atoms with van der Waals surface area (Å²) in [6.07, 6.45) is 0.929. The predicted octanol–water partition coefficient (Wildman–Crippen LogP) is 0.704. The highest BCUT2D eigenvalue weighted by molar-refractivity contribution is 6.19. The van der Waals surface area contributed by atoms with Gasteiger partial charge in [-0.15, -0.1) is 11.6 Å². The van der Waals surface area contributed by atoms with Crippen molar-refractivity contribution in [1.82, 2.24) is 4.90 Å². The SMILES string of the molecule is CN1CCC(CCl)C1=O. The Labute approximate surface area is 59.8 Å². The number of carbonyl (C=O) groups is 1. The quantitative estimate of drug-likeness (QED) is 0.500. The highest BCUT2D eigenvalue weighted by Crippen LogP contribution is 2.16. The molecule has 1 saturated heterocycles. The van der Waals surface area contributed by atoms with Crippen molar-refractivity contribution >= 4 is 17.5 Å². The average molecular weight is 148 g/mol. The summed E-state index contributed by atoms with van der Waals surface area (Å²) in [7, 11) is 1.81. The van der Waals surface area contributed by atoms with E-state index in [0.29, 0.717) is 5.88 Å². The molecular formula is C6H10ClNO. The van der Waals surface area contributed by atoms with Crippen LogP contribution in [0, 0.1) is 5.92 Å². The van der Waals surface area contributed by atoms with E-state index < -0.39 is 0 Å². The van der Waals surface area contributed by atoms with E-state index in [1.54, 1.807) is 4.90 Å². The molecule has 9 heavy (non-hydrogen) atoms. The second-order valence-corrected chi connectivity index (χ2v) is 2.71. The van der Waals surface area contributed by atoms with Crippen molar-refractivity contribution in [2.45, 2.75) is 6.42 Å². The van der Waals surface area contributed by atoms with Crippen LogP contribution in [0.25, 0.3) is 0 Å². The van der Waals surface area contributed by atoms with E-state index in [1.807, 2.05) is 7.05 Å². The van der Waals surface area contributed by atoms with E-state index >= 15 is 0 Å². The number of likely N-dealkylation sites (tertiary alicyclic amines) is 1. The Morgan fingerprint density at radius 1 is 1.89 bits per heavy atom. The summed E-state index contributed by atoms with van der Waals surface area (Å²) in [5, 5.41) is 0. The molecule has 1 amide bonds. The molecule has 1 aliphatic rings. The molecule has 1 unspecified atom stereocenters. The minimum Gasteiger partial charge on any atom is -0.345 e. The first-order chi connectivity index (χ1) is 4.25. The molecule has 0 bridgehead atoms. The van der Waals surface area contributed by atoms with Crippen LogP contribution in [-0.4, -0.2) is 30.3 Å². The Bertz CT molecular complexity index is 126. The average Bonchev–Trinajstić information content (AvgIpc) is 2.15. The first-order valence-electron chi connectivity index (χ1n) is 3.06. The zero-order valence-corrected chi connectivity index (χ0v) is 6.19. The van der Waals surface area contributed by atoms with E-state index in [0.717, 1.165) is 13.0 Å². The Balaban J connectivity index is 2.51. The lowest BCUT2D eigenvalue weighted by Gasteiger charge is -2.06. The predicted molar refractivity (Wildman–Crippen MR) is 36.5 cm³/mol. The van der Waals surface area contributed by atoms with Gasteiger partial charge >= 0.3 is 0 Å². The molecule has 0 N–H and O–H groups in total. The molecule has 0 aromatic rings. The Kier molecular flexibility index (Phi) is 1.96. The first-order valence-corrected chi connectivity index (χ1v) is 3.60. The van der Waals surface area contributed by atoms with Gasteiger partial charge in [-0.1, -0.05) is 0 Å². The van der Waals surface area contributed by atoms with Crippen molar-refractivity contribution in [3.05, 3.63) is 0 Å². The van der Waals surface area contributed by atoms with Crippen molar-refractivity contribution in [2.75, 3.05) is 19.5 Å². The van der Waals surface area contributed by atoms with Crippen LogP contribution in [0.3, 0.4) is 0 Å². The largest absolute Gasteiger partial charge is 0.345 e. The number of hydrogen-bond acceptors (Lipinski definition) is 1. The van der Waals surface area contributed by atoms with Crippen LogP contribution in [0.1, 0.15) is 6.42 Å². The Morgan fingerprint density at radius 3 is 2.78 bits per heavy atom. The van der Waals surface area contributed by atoms with Crippen LogP contribution < -0.4 is 0 Å². The number of halogens is 1. The fourth-order valence-corrected chi connectivity index (χ4v) is 1.32. The van der Waals surface area contributed by atoms with Gasteiger partial charge in [0.25, 0.3) is 0 Å². The third kappa shape index (κ3) is 1.18. The summed E-state index contributed by atoms with van der Waals surface area (Å²) < 4.78 is 0. The number of hydrogen-bond donors (Lipinski definition) is 0. The second-order valence-electron chi connectivity index (χ2n) is 2.40. The van der Waals surface area contributed by atoms with Gasteiger partial charge in [0.1, 0.15) is 0 Å². The maximum atomic E-state index is 11.0. The topological polar surface area (TPSA) is 20.3 Å². The number of alkyl halides is 1. The van der Waals surface area contributed by atoms with Crippen molar-refractivity contribution in [2.24, 2.45) is 5.92 Å². The molecule has 3 heteroatoms. The number of rotatable bonds is 1. The number of amides is 1. The van der Waals surface area contributed by atoms with Gasteiger partial charge in [0.15, 0.2) is 0 Å². The maximum absolute atomic E-state index is 11.0. The summed E-state index contributed by atoms with van der Waals surface area (Å²) in [5.41, 5.74) is 0. The molecule has 1 atom stereocenters. The normalized spacial score (nSPS) is 27.6. The van der Waals surface area contributed by atoms with E-state index in [9.17, 15) is 4.79 Å². The summed E-state index contributed by atoms with van der Waals surface area (Å²) in [6.45, 7) is 0.871. The van der Waals surface area contributed by atoms with Crippen LogP contribution in [0.2, 0.25) is 0 Å². The molecule has 52 valence electrons. The molecule has 0 aromatic carbocycles. The monoisotopic (exact) mass is 147 g/mol. The van der Waals surface area contributed by atoms with Crippen LogP contribution in [0.5, 0.6) is 0 Å². The first kappa shape index (κ1) is 6.87. The Hall–Kier alpha value is -0.240. The third-order valence-corrected chi connectivity index (χ3v) is 2.10. The van der Waals surface area contributed by atoms with Gasteiger partial charge in [-0.2, -0.15) is 0 Å². The molecular weight excluding hydrogens is 138 g/mol. The Morgan fingerprint density at radius 2 is 2.56 bits per heavy atom. The fourth-order valence-electron chi connectivity index (χ4n) is 1.04. The van der Waals surface area contributed by atoms with E-state index in [4.69, 9.17) is 11.6 Å². The lowest BCUT2D eigenvalue weighted by atomic mass is 10.1. The molecule has 1 heterocycles. The molecule has 0 aliphatic carbocycles. The van der Waals surface area contributed by atoms with E-state index in [2.05, 4.69) is 0 Å². The van der Waals surface area contributed by atoms with E-state index in [1.165, 1.54) is 0 Å². The number of nitrogens with zero attached hydrogens (tertiary/aromatic N) is 1. The molecule has 1 fully saturated rings. The standard InChI is InChI=1S/C6H10ClNO/c1-8-3-2-5(4-7)6(8)9/h5H,2-4H2,1H3. The summed E-state index contributed by atoms with van der Waals surface area (Å²) in [6, 6.07) is 0. The lowest BCUT2D eigenvalue weighted by Crippen LogP contribution is -2.23. The summed E-state index contributed by atoms with van der Waals surface area (Å²) in [4.78, 5) is 12.7. The van der Waals surface area contributed by atoms with Crippen LogP contribution >= 0.6 is 11.6 Å². The van der Waals surface area contributed by atoms with Crippen molar-refractivity contribution in [3.63, 3.8) is 0 Å². The number of carbonyl (C=O) groups excluding carboxylic acids is 1. The fraction of sp³-hybridized carbons (Fsp3) is 0.833. The zero-order valence-electron chi connectivity index (χ0n) is 5.43. The zero-order chi connectivity index (χ0) is 6.85. The molecule has 1 aliphatic heterocycles. The van der Waals surface area contributed by atoms with Crippen molar-refractivity contribution in [1.29, 1.82) is 0 Å². The van der Waals surface area contributed by atoms with Gasteiger partial charge in [0.05, 0.1) is 5.92 Å². The lowest BCUT2D eigenvalue weighted by molar-refractivity contribution is -0.129. The maximum Gasteiger partial charge on any atom is 0.226 e. The molecule has 2 nitrogen and oxygen atoms in total. The molecule has 0 radical (unpaired) electrons. The van der Waals surface area contributed by atoms with E-state index in [-0.39, 0.29) is 11.8 Å². The van der Waals surface area contributed by atoms with Gasteiger partial charge in [0, 0.05) is 19.5 Å². The molecule has 0 aromatic heterocycles. The second kappa shape index (κ2) is 2.56. The van der Waals surface area contributed by atoms with Gasteiger partial charge in [0.2, 0.25) is 5.91 Å². The van der Waals surface area contributed by atoms with Crippen molar-refractivity contribution < 1.29 is 4.79 Å². The van der Waals surface area contributed by atoms with Gasteiger partial charge in [-0.3, -0.25) is 4.79 Å². The van der Waals surface area contributed by atoms with Gasteiger partial charge in [-0.25, -0.2) is 0 Å². The smallest absolute Gasteiger partial charge is 0.226 e. The molecule has 1 rings (SSSR count). The minimum absolute atomic E-state index is 0.0941. The van der Waals surface area contributed by atoms with Gasteiger partial charge < -0.3 is 4.90 Å². The molecule has 0 saturated carbocycles. The molecule has 0 spiro atoms. The third-order valence-electron chi connectivity index (χ3n) is 1.72. The van der Waals surface area contributed by atoms with Crippen molar-refractivity contribution in [3.8, 4) is 0 Å². The summed E-state index contributed by atoms with van der Waals surface area (Å²) in [5.74, 6) is 0.769. The minimum atomic E-state index is 0.0941. The van der Waals surface area contributed by atoms with Crippen LogP contribution in [0.15, 0.2) is 0 Å². The summed E-state index contributed by atoms with van der Waals surface area (Å²) >= 11 is 5.52. The highest BCUT2D eigenvalue weighted by atomic mass is 35.5.